The van der Waals surface area contributed by atoms with Crippen molar-refractivity contribution in [3.8, 4) is 11.3 Å². The molecule has 0 bridgehead atoms. The van der Waals surface area contributed by atoms with E-state index in [1.807, 2.05) is 19.1 Å². The Morgan fingerprint density at radius 1 is 1.29 bits per heavy atom. The molecule has 2 rings (SSSR count). The second-order valence-electron chi connectivity index (χ2n) is 3.72. The zero-order chi connectivity index (χ0) is 12.4. The van der Waals surface area contributed by atoms with Gasteiger partial charge < -0.3 is 5.11 Å². The highest BCUT2D eigenvalue weighted by Gasteiger charge is 2.08. The van der Waals surface area contributed by atoms with E-state index in [1.54, 1.807) is 6.07 Å². The lowest BCUT2D eigenvalue weighted by atomic mass is 10.0. The second kappa shape index (κ2) is 4.94. The first kappa shape index (κ1) is 12.2. The third-order valence-electron chi connectivity index (χ3n) is 2.53. The number of halogens is 2. The Morgan fingerprint density at radius 2 is 2.06 bits per heavy atom. The first-order valence-electron chi connectivity index (χ1n) is 5.14. The molecule has 1 aromatic heterocycles. The molecule has 0 aliphatic rings. The fourth-order valence-electron chi connectivity index (χ4n) is 1.64. The molecule has 0 fully saturated rings. The summed E-state index contributed by atoms with van der Waals surface area (Å²) in [5.74, 6) is -0.355. The molecule has 0 aliphatic heterocycles. The lowest BCUT2D eigenvalue weighted by Crippen LogP contribution is -1.94. The van der Waals surface area contributed by atoms with Crippen molar-refractivity contribution in [1.29, 1.82) is 0 Å². The quantitative estimate of drug-likeness (QED) is 0.920. The summed E-state index contributed by atoms with van der Waals surface area (Å²) < 4.78 is 14.0. The van der Waals surface area contributed by atoms with Gasteiger partial charge in [0, 0.05) is 10.0 Å². The van der Waals surface area contributed by atoms with Crippen molar-refractivity contribution >= 4 is 15.9 Å². The summed E-state index contributed by atoms with van der Waals surface area (Å²) in [5.41, 5.74) is 2.88. The molecule has 0 radical (unpaired) electrons. The minimum atomic E-state index is -0.355. The lowest BCUT2D eigenvalue weighted by Gasteiger charge is -2.08. The molecule has 2 aromatic rings. The molecule has 0 atom stereocenters. The zero-order valence-electron chi connectivity index (χ0n) is 9.24. The number of aliphatic hydroxyl groups excluding tert-OH is 1. The van der Waals surface area contributed by atoms with Crippen molar-refractivity contribution < 1.29 is 9.50 Å². The number of nitrogens with zero attached hydrogens (tertiary/aromatic N) is 1. The summed E-state index contributed by atoms with van der Waals surface area (Å²) in [7, 11) is 0. The van der Waals surface area contributed by atoms with E-state index in [2.05, 4.69) is 20.9 Å². The van der Waals surface area contributed by atoms with Gasteiger partial charge >= 0.3 is 0 Å². The van der Waals surface area contributed by atoms with Gasteiger partial charge in [-0.05, 0) is 58.7 Å². The van der Waals surface area contributed by atoms with Gasteiger partial charge in [0.2, 0.25) is 0 Å². The average Bonchev–Trinajstić information content (AvgIpc) is 2.32. The van der Waals surface area contributed by atoms with E-state index in [4.69, 9.17) is 0 Å². The van der Waals surface area contributed by atoms with Crippen molar-refractivity contribution in [3.63, 3.8) is 0 Å². The molecule has 0 spiro atoms. The number of aliphatic hydroxyl groups is 1. The number of rotatable bonds is 2. The molecule has 1 heterocycles. The van der Waals surface area contributed by atoms with Gasteiger partial charge in [-0.3, -0.25) is 4.98 Å². The predicted octanol–water partition coefficient (Wildman–Crippen LogP) is 3.45. The SMILES string of the molecule is Cc1nc(-c2ccc(F)cc2CO)ccc1Br. The van der Waals surface area contributed by atoms with Gasteiger partial charge in [-0.2, -0.15) is 0 Å². The third-order valence-corrected chi connectivity index (χ3v) is 3.37. The van der Waals surface area contributed by atoms with Crippen LogP contribution in [0.3, 0.4) is 0 Å². The number of hydrogen-bond acceptors (Lipinski definition) is 2. The molecule has 0 unspecified atom stereocenters. The van der Waals surface area contributed by atoms with Crippen LogP contribution in [0.15, 0.2) is 34.8 Å². The summed E-state index contributed by atoms with van der Waals surface area (Å²) in [6, 6.07) is 8.06. The van der Waals surface area contributed by atoms with Gasteiger partial charge in [0.05, 0.1) is 18.0 Å². The molecule has 0 amide bonds. The zero-order valence-corrected chi connectivity index (χ0v) is 10.8. The fourth-order valence-corrected chi connectivity index (χ4v) is 1.86. The molecule has 1 N–H and O–H groups in total. The Kier molecular flexibility index (Phi) is 3.54. The number of aromatic nitrogens is 1. The Morgan fingerprint density at radius 3 is 2.71 bits per heavy atom. The highest BCUT2D eigenvalue weighted by Crippen LogP contribution is 2.25. The molecule has 17 heavy (non-hydrogen) atoms. The van der Waals surface area contributed by atoms with Gasteiger partial charge in [-0.25, -0.2) is 4.39 Å². The summed E-state index contributed by atoms with van der Waals surface area (Å²) in [6.45, 7) is 1.68. The van der Waals surface area contributed by atoms with Crippen molar-refractivity contribution in [2.24, 2.45) is 0 Å². The number of hydrogen-bond donors (Lipinski definition) is 1. The van der Waals surface area contributed by atoms with E-state index in [0.717, 1.165) is 21.4 Å². The Balaban J connectivity index is 2.55. The van der Waals surface area contributed by atoms with Crippen molar-refractivity contribution in [1.82, 2.24) is 4.98 Å². The van der Waals surface area contributed by atoms with Crippen molar-refractivity contribution in [2.45, 2.75) is 13.5 Å². The van der Waals surface area contributed by atoms with E-state index >= 15 is 0 Å². The second-order valence-corrected chi connectivity index (χ2v) is 4.58. The van der Waals surface area contributed by atoms with Crippen LogP contribution < -0.4 is 0 Å². The van der Waals surface area contributed by atoms with Crippen LogP contribution >= 0.6 is 15.9 Å². The van der Waals surface area contributed by atoms with E-state index in [1.165, 1.54) is 12.1 Å². The predicted molar refractivity (Wildman–Crippen MR) is 68.0 cm³/mol. The Labute approximate surface area is 107 Å². The molecule has 0 saturated carbocycles. The smallest absolute Gasteiger partial charge is 0.123 e. The molecule has 88 valence electrons. The van der Waals surface area contributed by atoms with Crippen molar-refractivity contribution in [3.05, 3.63) is 51.9 Å². The van der Waals surface area contributed by atoms with Gasteiger partial charge in [0.1, 0.15) is 5.82 Å². The molecule has 0 aliphatic carbocycles. The normalized spacial score (nSPS) is 10.6. The van der Waals surface area contributed by atoms with Crippen LogP contribution in [0, 0.1) is 12.7 Å². The summed E-state index contributed by atoms with van der Waals surface area (Å²) in [4.78, 5) is 4.40. The van der Waals surface area contributed by atoms with E-state index < -0.39 is 0 Å². The highest BCUT2D eigenvalue weighted by atomic mass is 79.9. The van der Waals surface area contributed by atoms with E-state index in [9.17, 15) is 9.50 Å². The van der Waals surface area contributed by atoms with E-state index in [-0.39, 0.29) is 12.4 Å². The Bertz CT molecular complexity index is 557. The number of pyridine rings is 1. The Hall–Kier alpha value is -1.26. The van der Waals surface area contributed by atoms with Gasteiger partial charge in [0.25, 0.3) is 0 Å². The molecule has 2 nitrogen and oxygen atoms in total. The maximum absolute atomic E-state index is 13.1. The first-order chi connectivity index (χ1) is 8.11. The van der Waals surface area contributed by atoms with Crippen LogP contribution in [0.25, 0.3) is 11.3 Å². The summed E-state index contributed by atoms with van der Waals surface area (Å²) >= 11 is 3.38. The largest absolute Gasteiger partial charge is 0.392 e. The molecular weight excluding hydrogens is 285 g/mol. The van der Waals surface area contributed by atoms with Gasteiger partial charge in [0.15, 0.2) is 0 Å². The van der Waals surface area contributed by atoms with Crippen LogP contribution in [0.2, 0.25) is 0 Å². The summed E-state index contributed by atoms with van der Waals surface area (Å²) in [6.07, 6.45) is 0. The molecule has 1 aromatic carbocycles. The lowest BCUT2D eigenvalue weighted by molar-refractivity contribution is 0.281. The van der Waals surface area contributed by atoms with Crippen molar-refractivity contribution in [2.75, 3.05) is 0 Å². The summed E-state index contributed by atoms with van der Waals surface area (Å²) in [5, 5.41) is 9.22. The highest BCUT2D eigenvalue weighted by molar-refractivity contribution is 9.10. The number of benzene rings is 1. The van der Waals surface area contributed by atoms with Crippen LogP contribution in [0.5, 0.6) is 0 Å². The first-order valence-corrected chi connectivity index (χ1v) is 5.94. The third kappa shape index (κ3) is 2.53. The van der Waals surface area contributed by atoms with Crippen LogP contribution in [0.1, 0.15) is 11.3 Å². The minimum absolute atomic E-state index is 0.204. The topological polar surface area (TPSA) is 33.1 Å². The maximum atomic E-state index is 13.1. The van der Waals surface area contributed by atoms with Gasteiger partial charge in [-0.15, -0.1) is 0 Å². The standard InChI is InChI=1S/C13H11BrFNO/c1-8-12(14)4-5-13(16-8)11-3-2-10(15)6-9(11)7-17/h2-6,17H,7H2,1H3. The monoisotopic (exact) mass is 295 g/mol. The molecular formula is C13H11BrFNO. The minimum Gasteiger partial charge on any atom is -0.392 e. The van der Waals surface area contributed by atoms with Crippen LogP contribution in [-0.2, 0) is 6.61 Å². The average molecular weight is 296 g/mol. The fraction of sp³-hybridized carbons (Fsp3) is 0.154. The molecule has 0 saturated heterocycles. The number of aryl methyl sites for hydroxylation is 1. The van der Waals surface area contributed by atoms with E-state index in [0.29, 0.717) is 5.56 Å². The van der Waals surface area contributed by atoms with Gasteiger partial charge in [-0.1, -0.05) is 0 Å². The van der Waals surface area contributed by atoms with Crippen LogP contribution in [-0.4, -0.2) is 10.1 Å². The maximum Gasteiger partial charge on any atom is 0.123 e. The molecule has 4 heteroatoms. The van der Waals surface area contributed by atoms with Crippen LogP contribution in [0.4, 0.5) is 4.39 Å².